The van der Waals surface area contributed by atoms with Crippen LogP contribution >= 0.6 is 0 Å². The first kappa shape index (κ1) is 15.4. The Balaban J connectivity index is 1.90. The number of allylic oxidation sites excluding steroid dienone is 2. The van der Waals surface area contributed by atoms with Gasteiger partial charge in [0.15, 0.2) is 0 Å². The summed E-state index contributed by atoms with van der Waals surface area (Å²) in [6, 6.07) is 15.1. The second kappa shape index (κ2) is 6.70. The van der Waals surface area contributed by atoms with E-state index in [-0.39, 0.29) is 0 Å². The number of hydrogen-bond donors (Lipinski definition) is 1. The highest BCUT2D eigenvalue weighted by Gasteiger charge is 2.16. The molecule has 0 bridgehead atoms. The summed E-state index contributed by atoms with van der Waals surface area (Å²) in [4.78, 5) is 0. The number of benzene rings is 2. The van der Waals surface area contributed by atoms with Gasteiger partial charge in [-0.15, -0.1) is 6.58 Å². The summed E-state index contributed by atoms with van der Waals surface area (Å²) in [6.07, 6.45) is 6.30. The van der Waals surface area contributed by atoms with Crippen LogP contribution in [0.3, 0.4) is 0 Å². The van der Waals surface area contributed by atoms with Crippen molar-refractivity contribution in [2.24, 2.45) is 0 Å². The average molecular weight is 301 g/mol. The summed E-state index contributed by atoms with van der Waals surface area (Å²) in [6.45, 7) is 11.0. The molecule has 0 saturated carbocycles. The van der Waals surface area contributed by atoms with Crippen molar-refractivity contribution in [3.8, 4) is 0 Å². The molecule has 1 aliphatic carbocycles. The molecule has 23 heavy (non-hydrogen) atoms. The zero-order valence-electron chi connectivity index (χ0n) is 13.7. The Kier molecular flexibility index (Phi) is 4.47. The van der Waals surface area contributed by atoms with Crippen molar-refractivity contribution >= 4 is 17.3 Å². The molecule has 1 nitrogen and oxygen atoms in total. The molecule has 3 rings (SSSR count). The van der Waals surface area contributed by atoms with Crippen molar-refractivity contribution < 1.29 is 0 Å². The number of anilines is 1. The molecule has 1 N–H and O–H groups in total. The van der Waals surface area contributed by atoms with E-state index in [9.17, 15) is 0 Å². The molecule has 0 saturated heterocycles. The Morgan fingerprint density at radius 3 is 2.78 bits per heavy atom. The lowest BCUT2D eigenvalue weighted by Gasteiger charge is -2.21. The molecule has 0 heterocycles. The Labute approximate surface area is 139 Å². The van der Waals surface area contributed by atoms with Gasteiger partial charge < -0.3 is 5.32 Å². The highest BCUT2D eigenvalue weighted by molar-refractivity contribution is 5.86. The number of hydrogen-bond acceptors (Lipinski definition) is 1. The third kappa shape index (κ3) is 3.29. The SMILES string of the molecule is C=CCNc1cc(/C=C2\CCc3ccccc3C2=C)ccc1C. The van der Waals surface area contributed by atoms with Crippen LogP contribution in [0, 0.1) is 6.92 Å². The molecule has 1 heteroatoms. The summed E-state index contributed by atoms with van der Waals surface area (Å²) in [5.74, 6) is 0. The molecule has 116 valence electrons. The first-order valence-corrected chi connectivity index (χ1v) is 8.12. The van der Waals surface area contributed by atoms with E-state index in [0.29, 0.717) is 0 Å². The fourth-order valence-electron chi connectivity index (χ4n) is 3.09. The van der Waals surface area contributed by atoms with Gasteiger partial charge in [-0.25, -0.2) is 0 Å². The predicted octanol–water partition coefficient (Wildman–Crippen LogP) is 5.64. The van der Waals surface area contributed by atoms with Crippen molar-refractivity contribution in [2.45, 2.75) is 19.8 Å². The topological polar surface area (TPSA) is 12.0 Å². The van der Waals surface area contributed by atoms with Gasteiger partial charge >= 0.3 is 0 Å². The zero-order valence-corrected chi connectivity index (χ0v) is 13.7. The van der Waals surface area contributed by atoms with Crippen molar-refractivity contribution in [3.63, 3.8) is 0 Å². The van der Waals surface area contributed by atoms with Crippen LogP contribution in [0.2, 0.25) is 0 Å². The molecule has 0 atom stereocenters. The van der Waals surface area contributed by atoms with E-state index in [0.717, 1.165) is 25.0 Å². The van der Waals surface area contributed by atoms with E-state index < -0.39 is 0 Å². The number of nitrogens with one attached hydrogen (secondary N) is 1. The predicted molar refractivity (Wildman–Crippen MR) is 102 cm³/mol. The van der Waals surface area contributed by atoms with Crippen molar-refractivity contribution in [1.29, 1.82) is 0 Å². The van der Waals surface area contributed by atoms with E-state index in [2.05, 4.69) is 73.9 Å². The van der Waals surface area contributed by atoms with Crippen LogP contribution in [0.5, 0.6) is 0 Å². The quantitative estimate of drug-likeness (QED) is 0.721. The van der Waals surface area contributed by atoms with Gasteiger partial charge in [-0.05, 0) is 59.2 Å². The van der Waals surface area contributed by atoms with Gasteiger partial charge in [0.2, 0.25) is 0 Å². The van der Waals surface area contributed by atoms with Crippen LogP contribution in [-0.2, 0) is 6.42 Å². The van der Waals surface area contributed by atoms with Gasteiger partial charge in [0.25, 0.3) is 0 Å². The first-order chi connectivity index (χ1) is 11.2. The van der Waals surface area contributed by atoms with Crippen LogP contribution in [0.4, 0.5) is 5.69 Å². The number of fused-ring (bicyclic) bond motifs is 1. The molecule has 2 aromatic carbocycles. The van der Waals surface area contributed by atoms with Crippen LogP contribution in [0.1, 0.15) is 28.7 Å². The monoisotopic (exact) mass is 301 g/mol. The lowest BCUT2D eigenvalue weighted by atomic mass is 9.83. The fraction of sp³-hybridized carbons (Fsp3) is 0.182. The maximum absolute atomic E-state index is 4.33. The van der Waals surface area contributed by atoms with E-state index in [1.54, 1.807) is 0 Å². The Hall–Kier alpha value is -2.54. The van der Waals surface area contributed by atoms with Gasteiger partial charge in [-0.2, -0.15) is 0 Å². The number of aryl methyl sites for hydroxylation is 2. The summed E-state index contributed by atoms with van der Waals surface area (Å²) in [7, 11) is 0. The van der Waals surface area contributed by atoms with Crippen molar-refractivity contribution in [2.75, 3.05) is 11.9 Å². The lowest BCUT2D eigenvalue weighted by Crippen LogP contribution is -2.04. The molecule has 0 aliphatic heterocycles. The molecule has 0 unspecified atom stereocenters. The lowest BCUT2D eigenvalue weighted by molar-refractivity contribution is 0.946. The third-order valence-electron chi connectivity index (χ3n) is 4.43. The van der Waals surface area contributed by atoms with Crippen LogP contribution in [0.25, 0.3) is 11.6 Å². The molecule has 0 aromatic heterocycles. The molecule has 0 amide bonds. The minimum absolute atomic E-state index is 0.779. The summed E-state index contributed by atoms with van der Waals surface area (Å²) in [5, 5.41) is 3.40. The van der Waals surface area contributed by atoms with E-state index >= 15 is 0 Å². The second-order valence-corrected chi connectivity index (χ2v) is 6.05. The van der Waals surface area contributed by atoms with Gasteiger partial charge in [0.1, 0.15) is 0 Å². The molecular weight excluding hydrogens is 278 g/mol. The molecule has 0 spiro atoms. The average Bonchev–Trinajstić information content (AvgIpc) is 2.58. The minimum atomic E-state index is 0.779. The Bertz CT molecular complexity index is 780. The highest BCUT2D eigenvalue weighted by Crippen LogP contribution is 2.35. The molecule has 0 fully saturated rings. The van der Waals surface area contributed by atoms with Crippen LogP contribution in [-0.4, -0.2) is 6.54 Å². The van der Waals surface area contributed by atoms with Gasteiger partial charge in [0.05, 0.1) is 0 Å². The molecular formula is C22H23N. The zero-order chi connectivity index (χ0) is 16.2. The summed E-state index contributed by atoms with van der Waals surface area (Å²) >= 11 is 0. The van der Waals surface area contributed by atoms with E-state index in [4.69, 9.17) is 0 Å². The fourth-order valence-corrected chi connectivity index (χ4v) is 3.09. The maximum atomic E-state index is 4.33. The first-order valence-electron chi connectivity index (χ1n) is 8.12. The van der Waals surface area contributed by atoms with E-state index in [1.807, 2.05) is 6.08 Å². The van der Waals surface area contributed by atoms with Crippen LogP contribution < -0.4 is 5.32 Å². The van der Waals surface area contributed by atoms with Gasteiger partial charge in [-0.1, -0.05) is 55.1 Å². The minimum Gasteiger partial charge on any atom is -0.381 e. The highest BCUT2D eigenvalue weighted by atomic mass is 14.9. The normalized spacial score (nSPS) is 15.3. The molecule has 0 radical (unpaired) electrons. The van der Waals surface area contributed by atoms with Gasteiger partial charge in [0, 0.05) is 12.2 Å². The number of rotatable bonds is 4. The maximum Gasteiger partial charge on any atom is 0.0378 e. The Morgan fingerprint density at radius 2 is 1.96 bits per heavy atom. The molecule has 1 aliphatic rings. The van der Waals surface area contributed by atoms with Gasteiger partial charge in [-0.3, -0.25) is 0 Å². The summed E-state index contributed by atoms with van der Waals surface area (Å²) in [5.41, 5.74) is 8.84. The standard InChI is InChI=1S/C22H23N/c1-4-13-23-22-15-18(10-9-16(22)2)14-20-12-11-19-7-5-6-8-21(19)17(20)3/h4-10,14-15,23H,1,3,11-13H2,2H3/b20-14+. The largest absolute Gasteiger partial charge is 0.381 e. The third-order valence-corrected chi connectivity index (χ3v) is 4.43. The Morgan fingerprint density at radius 1 is 1.13 bits per heavy atom. The second-order valence-electron chi connectivity index (χ2n) is 6.05. The smallest absolute Gasteiger partial charge is 0.0378 e. The van der Waals surface area contributed by atoms with E-state index in [1.165, 1.54) is 33.5 Å². The summed E-state index contributed by atoms with van der Waals surface area (Å²) < 4.78 is 0. The van der Waals surface area contributed by atoms with Crippen LogP contribution in [0.15, 0.2) is 67.3 Å². The molecule has 2 aromatic rings. The van der Waals surface area contributed by atoms with Crippen molar-refractivity contribution in [1.82, 2.24) is 0 Å². The van der Waals surface area contributed by atoms with Crippen molar-refractivity contribution in [3.05, 3.63) is 89.5 Å².